The quantitative estimate of drug-likeness (QED) is 0.535. The van der Waals surface area contributed by atoms with Crippen LogP contribution in [-0.2, 0) is 6.54 Å². The summed E-state index contributed by atoms with van der Waals surface area (Å²) in [4.78, 5) is 4.37. The molecule has 0 aliphatic heterocycles. The van der Waals surface area contributed by atoms with Gasteiger partial charge in [0.1, 0.15) is 6.33 Å². The van der Waals surface area contributed by atoms with E-state index >= 15 is 0 Å². The van der Waals surface area contributed by atoms with Crippen molar-refractivity contribution in [3.8, 4) is 0 Å². The van der Waals surface area contributed by atoms with E-state index in [1.165, 1.54) is 5.56 Å². The molecule has 0 unspecified atom stereocenters. The highest BCUT2D eigenvalue weighted by Crippen LogP contribution is 2.15. The Bertz CT molecular complexity index is 1040. The highest BCUT2D eigenvalue weighted by atomic mass is 15.4. The lowest BCUT2D eigenvalue weighted by atomic mass is 10.2. The number of aromatic nitrogens is 4. The van der Waals surface area contributed by atoms with E-state index in [9.17, 15) is 0 Å². The van der Waals surface area contributed by atoms with Crippen molar-refractivity contribution in [2.24, 2.45) is 5.10 Å². The van der Waals surface area contributed by atoms with Gasteiger partial charge in [0, 0.05) is 11.3 Å². The Labute approximate surface area is 146 Å². The number of benzene rings is 2. The molecule has 0 N–H and O–H groups in total. The average molecular weight is 329 g/mol. The van der Waals surface area contributed by atoms with Crippen molar-refractivity contribution in [1.82, 2.24) is 19.4 Å². The minimum absolute atomic E-state index is 0.759. The second-order valence-corrected chi connectivity index (χ2v) is 6.05. The third kappa shape index (κ3) is 2.96. The summed E-state index contributed by atoms with van der Waals surface area (Å²) in [5.74, 6) is 0. The largest absolute Gasteiger partial charge is 0.265 e. The van der Waals surface area contributed by atoms with Gasteiger partial charge in [-0.2, -0.15) is 10.2 Å². The van der Waals surface area contributed by atoms with Crippen LogP contribution in [0, 0.1) is 13.8 Å². The van der Waals surface area contributed by atoms with Gasteiger partial charge in [-0.25, -0.2) is 9.66 Å². The molecule has 4 rings (SSSR count). The Morgan fingerprint density at radius 3 is 2.60 bits per heavy atom. The number of imidazole rings is 1. The first-order valence-corrected chi connectivity index (χ1v) is 8.27. The highest BCUT2D eigenvalue weighted by molar-refractivity contribution is 5.83. The molecule has 5 nitrogen and oxygen atoms in total. The van der Waals surface area contributed by atoms with Crippen molar-refractivity contribution in [2.75, 3.05) is 0 Å². The molecule has 0 saturated heterocycles. The lowest BCUT2D eigenvalue weighted by Gasteiger charge is -2.04. The van der Waals surface area contributed by atoms with Crippen LogP contribution < -0.4 is 0 Å². The van der Waals surface area contributed by atoms with Crippen molar-refractivity contribution in [3.63, 3.8) is 0 Å². The summed E-state index contributed by atoms with van der Waals surface area (Å²) >= 11 is 0. The van der Waals surface area contributed by atoms with Crippen LogP contribution in [0.4, 0.5) is 0 Å². The first kappa shape index (κ1) is 15.3. The van der Waals surface area contributed by atoms with Crippen LogP contribution in [0.25, 0.3) is 11.0 Å². The fraction of sp³-hybridized carbons (Fsp3) is 0.150. The molecule has 0 spiro atoms. The molecular formula is C20H19N5. The molecular weight excluding hydrogens is 310 g/mol. The van der Waals surface area contributed by atoms with E-state index in [0.717, 1.165) is 34.5 Å². The maximum Gasteiger partial charge on any atom is 0.118 e. The predicted molar refractivity (Wildman–Crippen MR) is 100.0 cm³/mol. The van der Waals surface area contributed by atoms with Gasteiger partial charge in [-0.05, 0) is 31.5 Å². The van der Waals surface area contributed by atoms with Crippen LogP contribution in [0.15, 0.2) is 66.0 Å². The predicted octanol–water partition coefficient (Wildman–Crippen LogP) is 3.78. The van der Waals surface area contributed by atoms with Gasteiger partial charge in [-0.15, -0.1) is 0 Å². The summed E-state index contributed by atoms with van der Waals surface area (Å²) in [6.07, 6.45) is 3.60. The average Bonchev–Trinajstić information content (AvgIpc) is 3.16. The summed E-state index contributed by atoms with van der Waals surface area (Å²) in [6, 6.07) is 18.3. The molecule has 4 aromatic rings. The molecule has 0 aliphatic rings. The molecule has 0 aliphatic carbocycles. The highest BCUT2D eigenvalue weighted by Gasteiger charge is 2.10. The van der Waals surface area contributed by atoms with E-state index in [2.05, 4.69) is 34.2 Å². The molecule has 0 fully saturated rings. The fourth-order valence-corrected chi connectivity index (χ4v) is 2.97. The van der Waals surface area contributed by atoms with Gasteiger partial charge in [0.25, 0.3) is 0 Å². The monoisotopic (exact) mass is 329 g/mol. The number of nitrogens with zero attached hydrogens (tertiary/aromatic N) is 5. The smallest absolute Gasteiger partial charge is 0.118 e. The molecule has 0 saturated carbocycles. The normalized spacial score (nSPS) is 11.6. The Kier molecular flexibility index (Phi) is 3.90. The number of hydrogen-bond acceptors (Lipinski definition) is 3. The number of para-hydroxylation sites is 2. The number of aryl methyl sites for hydroxylation is 1. The van der Waals surface area contributed by atoms with Crippen molar-refractivity contribution in [1.29, 1.82) is 0 Å². The SMILES string of the molecule is Cc1nn(Cc2ccccc2)c(C)c1/C=N\n1cnc2ccccc21. The van der Waals surface area contributed by atoms with Crippen LogP contribution in [0.1, 0.15) is 22.5 Å². The molecule has 2 aromatic carbocycles. The van der Waals surface area contributed by atoms with Crippen LogP contribution in [0.3, 0.4) is 0 Å². The molecule has 0 amide bonds. The molecule has 2 heterocycles. The zero-order chi connectivity index (χ0) is 17.2. The first-order valence-electron chi connectivity index (χ1n) is 8.27. The van der Waals surface area contributed by atoms with E-state index < -0.39 is 0 Å². The van der Waals surface area contributed by atoms with Gasteiger partial charge in [0.05, 0.1) is 29.5 Å². The maximum atomic E-state index is 4.67. The third-order valence-corrected chi connectivity index (χ3v) is 4.36. The summed E-state index contributed by atoms with van der Waals surface area (Å²) in [5, 5.41) is 9.25. The second kappa shape index (κ2) is 6.36. The molecule has 5 heteroatoms. The molecule has 124 valence electrons. The molecule has 0 bridgehead atoms. The van der Waals surface area contributed by atoms with E-state index in [4.69, 9.17) is 0 Å². The Morgan fingerprint density at radius 2 is 1.76 bits per heavy atom. The molecule has 25 heavy (non-hydrogen) atoms. The summed E-state index contributed by atoms with van der Waals surface area (Å²) in [6.45, 7) is 4.85. The van der Waals surface area contributed by atoms with E-state index in [0.29, 0.717) is 0 Å². The van der Waals surface area contributed by atoms with Gasteiger partial charge >= 0.3 is 0 Å². The summed E-state index contributed by atoms with van der Waals surface area (Å²) in [5.41, 5.74) is 6.29. The van der Waals surface area contributed by atoms with Gasteiger partial charge in [0.15, 0.2) is 0 Å². The van der Waals surface area contributed by atoms with Gasteiger partial charge in [-0.3, -0.25) is 4.68 Å². The topological polar surface area (TPSA) is 48.0 Å². The number of hydrogen-bond donors (Lipinski definition) is 0. The van der Waals surface area contributed by atoms with E-state index in [-0.39, 0.29) is 0 Å². The lowest BCUT2D eigenvalue weighted by molar-refractivity contribution is 0.659. The number of fused-ring (bicyclic) bond motifs is 1. The van der Waals surface area contributed by atoms with Gasteiger partial charge in [0.2, 0.25) is 0 Å². The standard InChI is InChI=1S/C20H19N5/c1-15-18(12-22-25-14-21-19-10-6-7-11-20(19)25)16(2)24(23-15)13-17-8-4-3-5-9-17/h3-12,14H,13H2,1-2H3/b22-12-. The second-order valence-electron chi connectivity index (χ2n) is 6.05. The van der Waals surface area contributed by atoms with Crippen molar-refractivity contribution >= 4 is 17.2 Å². The van der Waals surface area contributed by atoms with Gasteiger partial charge in [-0.1, -0.05) is 42.5 Å². The summed E-state index contributed by atoms with van der Waals surface area (Å²) < 4.78 is 3.82. The van der Waals surface area contributed by atoms with Crippen LogP contribution in [0.2, 0.25) is 0 Å². The van der Waals surface area contributed by atoms with E-state index in [1.54, 1.807) is 11.0 Å². The molecule has 2 aromatic heterocycles. The van der Waals surface area contributed by atoms with Crippen molar-refractivity contribution < 1.29 is 0 Å². The zero-order valence-electron chi connectivity index (χ0n) is 14.3. The molecule has 0 atom stereocenters. The maximum absolute atomic E-state index is 4.67. The van der Waals surface area contributed by atoms with Crippen LogP contribution in [0.5, 0.6) is 0 Å². The van der Waals surface area contributed by atoms with Crippen LogP contribution in [-0.4, -0.2) is 25.7 Å². The van der Waals surface area contributed by atoms with Crippen LogP contribution >= 0.6 is 0 Å². The Morgan fingerprint density at radius 1 is 1.00 bits per heavy atom. The first-order chi connectivity index (χ1) is 12.2. The minimum atomic E-state index is 0.759. The number of rotatable bonds is 4. The minimum Gasteiger partial charge on any atom is -0.265 e. The fourth-order valence-electron chi connectivity index (χ4n) is 2.97. The summed E-state index contributed by atoms with van der Waals surface area (Å²) in [7, 11) is 0. The molecule has 0 radical (unpaired) electrons. The lowest BCUT2D eigenvalue weighted by Crippen LogP contribution is -2.04. The van der Waals surface area contributed by atoms with Crippen molar-refractivity contribution in [2.45, 2.75) is 20.4 Å². The Hall–Kier alpha value is -3.21. The van der Waals surface area contributed by atoms with Gasteiger partial charge < -0.3 is 0 Å². The van der Waals surface area contributed by atoms with E-state index in [1.807, 2.05) is 60.3 Å². The zero-order valence-corrected chi connectivity index (χ0v) is 14.3. The third-order valence-electron chi connectivity index (χ3n) is 4.36. The van der Waals surface area contributed by atoms with Crippen molar-refractivity contribution in [3.05, 3.63) is 83.4 Å². The Balaban J connectivity index is 1.64.